The molecule has 2 amide bonds. The van der Waals surface area contributed by atoms with E-state index in [-0.39, 0.29) is 11.9 Å². The van der Waals surface area contributed by atoms with Crippen LogP contribution in [0.25, 0.3) is 11.3 Å². The summed E-state index contributed by atoms with van der Waals surface area (Å²) in [5, 5.41) is 2.71. The van der Waals surface area contributed by atoms with E-state index in [0.29, 0.717) is 30.9 Å². The molecule has 0 saturated carbocycles. The van der Waals surface area contributed by atoms with Crippen molar-refractivity contribution in [3.05, 3.63) is 35.8 Å². The lowest BCUT2D eigenvalue weighted by Crippen LogP contribution is -2.28. The SMILES string of the molecule is COC(=O)Nc1ccc2c(c1)CCCCN(C)C(=O)CC[C@H](N)c1ncc-2[nH]1. The highest BCUT2D eigenvalue weighted by molar-refractivity contribution is 5.85. The second-order valence-corrected chi connectivity index (χ2v) is 7.09. The Morgan fingerprint density at radius 1 is 1.36 bits per heavy atom. The predicted octanol–water partition coefficient (Wildman–Crippen LogP) is 2.83. The number of imidazole rings is 1. The summed E-state index contributed by atoms with van der Waals surface area (Å²) in [6, 6.07) is 5.43. The van der Waals surface area contributed by atoms with E-state index < -0.39 is 6.09 Å². The third-order valence-electron chi connectivity index (χ3n) is 5.06. The smallest absolute Gasteiger partial charge is 0.411 e. The maximum absolute atomic E-state index is 12.3. The number of aromatic amines is 1. The van der Waals surface area contributed by atoms with Crippen molar-refractivity contribution in [3.63, 3.8) is 0 Å². The maximum atomic E-state index is 12.3. The topological polar surface area (TPSA) is 113 Å². The molecule has 0 unspecified atom stereocenters. The van der Waals surface area contributed by atoms with Gasteiger partial charge in [0.2, 0.25) is 5.91 Å². The first kappa shape index (κ1) is 19.9. The highest BCUT2D eigenvalue weighted by Gasteiger charge is 2.17. The Kier molecular flexibility index (Phi) is 6.30. The summed E-state index contributed by atoms with van der Waals surface area (Å²) >= 11 is 0. The van der Waals surface area contributed by atoms with Gasteiger partial charge in [-0.1, -0.05) is 6.07 Å². The van der Waals surface area contributed by atoms with Gasteiger partial charge in [0, 0.05) is 31.3 Å². The van der Waals surface area contributed by atoms with Gasteiger partial charge in [0.25, 0.3) is 0 Å². The highest BCUT2D eigenvalue weighted by Crippen LogP contribution is 2.28. The lowest BCUT2D eigenvalue weighted by Gasteiger charge is -2.19. The van der Waals surface area contributed by atoms with Crippen molar-refractivity contribution in [1.29, 1.82) is 0 Å². The van der Waals surface area contributed by atoms with Crippen LogP contribution in [0.3, 0.4) is 0 Å². The molecule has 2 heterocycles. The number of benzene rings is 1. The fourth-order valence-electron chi connectivity index (χ4n) is 3.37. The van der Waals surface area contributed by atoms with Crippen LogP contribution in [0.5, 0.6) is 0 Å². The van der Waals surface area contributed by atoms with Crippen molar-refractivity contribution < 1.29 is 14.3 Å². The number of nitrogens with zero attached hydrogens (tertiary/aromatic N) is 2. The fraction of sp³-hybridized carbons (Fsp3) is 0.450. The first-order valence-electron chi connectivity index (χ1n) is 9.50. The molecule has 4 N–H and O–H groups in total. The van der Waals surface area contributed by atoms with E-state index in [1.54, 1.807) is 11.1 Å². The molecule has 28 heavy (non-hydrogen) atoms. The number of amides is 2. The number of nitrogens with one attached hydrogen (secondary N) is 2. The van der Waals surface area contributed by atoms with E-state index in [1.165, 1.54) is 7.11 Å². The van der Waals surface area contributed by atoms with Gasteiger partial charge in [-0.25, -0.2) is 9.78 Å². The summed E-state index contributed by atoms with van der Waals surface area (Å²) < 4.78 is 4.67. The Labute approximate surface area is 164 Å². The van der Waals surface area contributed by atoms with E-state index >= 15 is 0 Å². The number of aryl methyl sites for hydroxylation is 1. The Balaban J connectivity index is 1.92. The molecule has 1 aromatic carbocycles. The average molecular weight is 385 g/mol. The molecule has 1 aliphatic rings. The zero-order valence-corrected chi connectivity index (χ0v) is 16.3. The third kappa shape index (κ3) is 4.69. The highest BCUT2D eigenvalue weighted by atomic mass is 16.5. The standard InChI is InChI=1S/C20H27N5O3/c1-25-10-4-3-5-13-11-14(23-20(27)28-2)6-7-15(13)17-12-22-19(24-17)16(21)8-9-18(25)26/h6-7,11-12,16H,3-5,8-10,21H2,1-2H3,(H,22,24)(H,23,27)/t16-/m0/s1. The maximum Gasteiger partial charge on any atom is 0.411 e. The molecule has 3 rings (SSSR count). The Bertz CT molecular complexity index is 848. The number of hydrogen-bond acceptors (Lipinski definition) is 5. The van der Waals surface area contributed by atoms with E-state index in [4.69, 9.17) is 5.73 Å². The zero-order valence-electron chi connectivity index (χ0n) is 16.3. The van der Waals surface area contributed by atoms with Crippen molar-refractivity contribution in [2.24, 2.45) is 5.73 Å². The van der Waals surface area contributed by atoms with Gasteiger partial charge < -0.3 is 20.4 Å². The Morgan fingerprint density at radius 3 is 2.96 bits per heavy atom. The summed E-state index contributed by atoms with van der Waals surface area (Å²) in [6.07, 6.45) is 4.86. The van der Waals surface area contributed by atoms with Crippen LogP contribution in [0, 0.1) is 0 Å². The lowest BCUT2D eigenvalue weighted by atomic mass is 9.99. The Hall–Kier alpha value is -2.87. The van der Waals surface area contributed by atoms with E-state index in [1.807, 2.05) is 25.2 Å². The molecule has 0 fully saturated rings. The number of anilines is 1. The van der Waals surface area contributed by atoms with Crippen molar-refractivity contribution in [2.45, 2.75) is 38.1 Å². The van der Waals surface area contributed by atoms with Crippen LogP contribution in [0.4, 0.5) is 10.5 Å². The van der Waals surface area contributed by atoms with Gasteiger partial charge >= 0.3 is 6.09 Å². The summed E-state index contributed by atoms with van der Waals surface area (Å²) in [6.45, 7) is 0.714. The van der Waals surface area contributed by atoms with Gasteiger partial charge in [-0.05, 0) is 43.4 Å². The summed E-state index contributed by atoms with van der Waals surface area (Å²) in [5.41, 5.74) is 9.90. The zero-order chi connectivity index (χ0) is 20.1. The van der Waals surface area contributed by atoms with Gasteiger partial charge in [0.15, 0.2) is 0 Å². The van der Waals surface area contributed by atoms with Crippen molar-refractivity contribution in [1.82, 2.24) is 14.9 Å². The quantitative estimate of drug-likeness (QED) is 0.698. The minimum atomic E-state index is -0.504. The number of nitrogens with two attached hydrogens (primary N) is 1. The minimum absolute atomic E-state index is 0.101. The molecule has 0 aliphatic carbocycles. The Morgan fingerprint density at radius 2 is 2.18 bits per heavy atom. The van der Waals surface area contributed by atoms with E-state index in [2.05, 4.69) is 20.0 Å². The molecule has 0 radical (unpaired) electrons. The molecule has 1 aliphatic heterocycles. The number of fused-ring (bicyclic) bond motifs is 4. The predicted molar refractivity (Wildman–Crippen MR) is 107 cm³/mol. The van der Waals surface area contributed by atoms with Gasteiger partial charge in [-0.15, -0.1) is 0 Å². The van der Waals surface area contributed by atoms with Crippen LogP contribution in [0.15, 0.2) is 24.4 Å². The normalized spacial score (nSPS) is 18.2. The fourth-order valence-corrected chi connectivity index (χ4v) is 3.37. The van der Waals surface area contributed by atoms with Gasteiger partial charge in [-0.2, -0.15) is 0 Å². The van der Waals surface area contributed by atoms with Crippen LogP contribution >= 0.6 is 0 Å². The molecular formula is C20H27N5O3. The molecule has 150 valence electrons. The van der Waals surface area contributed by atoms with Gasteiger partial charge in [0.05, 0.1) is 25.0 Å². The van der Waals surface area contributed by atoms with Crippen LogP contribution in [0.2, 0.25) is 0 Å². The largest absolute Gasteiger partial charge is 0.453 e. The van der Waals surface area contributed by atoms with Crippen molar-refractivity contribution >= 4 is 17.7 Å². The van der Waals surface area contributed by atoms with Crippen LogP contribution < -0.4 is 11.1 Å². The van der Waals surface area contributed by atoms with Crippen molar-refractivity contribution in [2.75, 3.05) is 26.0 Å². The summed E-state index contributed by atoms with van der Waals surface area (Å²) in [5.74, 6) is 0.773. The molecule has 2 aromatic rings. The van der Waals surface area contributed by atoms with Crippen molar-refractivity contribution in [3.8, 4) is 11.3 Å². The van der Waals surface area contributed by atoms with Gasteiger partial charge in [-0.3, -0.25) is 10.1 Å². The minimum Gasteiger partial charge on any atom is -0.453 e. The molecule has 8 heteroatoms. The molecule has 8 nitrogen and oxygen atoms in total. The molecule has 2 bridgehead atoms. The van der Waals surface area contributed by atoms with Crippen LogP contribution in [0.1, 0.15) is 43.1 Å². The number of rotatable bonds is 1. The summed E-state index contributed by atoms with van der Waals surface area (Å²) in [4.78, 5) is 33.3. The molecule has 0 saturated heterocycles. The molecular weight excluding hydrogens is 358 g/mol. The number of carbonyl (C=O) groups excluding carboxylic acids is 2. The third-order valence-corrected chi connectivity index (χ3v) is 5.06. The number of methoxy groups -OCH3 is 1. The number of H-pyrrole nitrogens is 1. The number of hydrogen-bond donors (Lipinski definition) is 3. The van der Waals surface area contributed by atoms with Crippen LogP contribution in [-0.2, 0) is 16.0 Å². The second kappa shape index (κ2) is 8.88. The van der Waals surface area contributed by atoms with Gasteiger partial charge in [0.1, 0.15) is 5.82 Å². The molecule has 1 atom stereocenters. The van der Waals surface area contributed by atoms with E-state index in [9.17, 15) is 9.59 Å². The summed E-state index contributed by atoms with van der Waals surface area (Å²) in [7, 11) is 3.17. The average Bonchev–Trinajstić information content (AvgIpc) is 3.18. The molecule has 0 spiro atoms. The lowest BCUT2D eigenvalue weighted by molar-refractivity contribution is -0.130. The number of aromatic nitrogens is 2. The first-order valence-corrected chi connectivity index (χ1v) is 9.50. The second-order valence-electron chi connectivity index (χ2n) is 7.09. The number of carbonyl (C=O) groups is 2. The van der Waals surface area contributed by atoms with Crippen LogP contribution in [-0.4, -0.2) is 47.6 Å². The number of ether oxygens (including phenoxy) is 1. The monoisotopic (exact) mass is 385 g/mol. The van der Waals surface area contributed by atoms with E-state index in [0.717, 1.165) is 36.1 Å². The first-order chi connectivity index (χ1) is 13.5. The molecule has 1 aromatic heterocycles.